The number of nitrogens with two attached hydrogens (primary N) is 1. The summed E-state index contributed by atoms with van der Waals surface area (Å²) >= 11 is 1.86. The summed E-state index contributed by atoms with van der Waals surface area (Å²) in [5, 5.41) is 3.01. The Hall–Kier alpha value is -1.000. The molecule has 2 rings (SSSR count). The maximum absolute atomic E-state index is 11.9. The van der Waals surface area contributed by atoms with Gasteiger partial charge in [0.2, 0.25) is 5.91 Å². The molecule has 0 radical (unpaired) electrons. The molecule has 1 heterocycles. The van der Waals surface area contributed by atoms with E-state index in [-0.39, 0.29) is 11.8 Å². The lowest BCUT2D eigenvalue weighted by molar-refractivity contribution is -0.124. The van der Waals surface area contributed by atoms with Gasteiger partial charge in [-0.15, -0.1) is 0 Å². The number of rotatable bonds is 4. The average molecular weight is 250 g/mol. The zero-order chi connectivity index (χ0) is 12.1. The minimum Gasteiger partial charge on any atom is -0.352 e. The lowest BCUT2D eigenvalue weighted by Gasteiger charge is -2.12. The van der Waals surface area contributed by atoms with Gasteiger partial charge in [-0.3, -0.25) is 4.79 Å². The van der Waals surface area contributed by atoms with Gasteiger partial charge < -0.3 is 11.1 Å². The van der Waals surface area contributed by atoms with Crippen molar-refractivity contribution in [3.63, 3.8) is 0 Å². The van der Waals surface area contributed by atoms with Crippen molar-refractivity contribution in [2.24, 2.45) is 11.7 Å². The van der Waals surface area contributed by atoms with Crippen molar-refractivity contribution in [2.75, 3.05) is 11.5 Å². The molecule has 0 saturated carbocycles. The van der Waals surface area contributed by atoms with Crippen LogP contribution in [0.25, 0.3) is 0 Å². The van der Waals surface area contributed by atoms with E-state index in [0.29, 0.717) is 13.1 Å². The molecule has 0 aliphatic carbocycles. The second-order valence-corrected chi connectivity index (χ2v) is 5.40. The number of nitrogens with one attached hydrogen (secondary N) is 1. The van der Waals surface area contributed by atoms with Crippen molar-refractivity contribution in [3.05, 3.63) is 35.4 Å². The molecule has 1 amide bonds. The molecule has 1 atom stereocenters. The SMILES string of the molecule is NCc1ccccc1CNC(=O)C1CCSC1. The van der Waals surface area contributed by atoms with Crippen molar-refractivity contribution in [2.45, 2.75) is 19.5 Å². The predicted octanol–water partition coefficient (Wildman–Crippen LogP) is 1.51. The van der Waals surface area contributed by atoms with Crippen LogP contribution < -0.4 is 11.1 Å². The fourth-order valence-corrected chi connectivity index (χ4v) is 3.22. The van der Waals surface area contributed by atoms with Crippen molar-refractivity contribution < 1.29 is 4.79 Å². The molecule has 0 aromatic heterocycles. The smallest absolute Gasteiger partial charge is 0.224 e. The normalized spacial score (nSPS) is 19.2. The van der Waals surface area contributed by atoms with Crippen LogP contribution in [0.3, 0.4) is 0 Å². The Labute approximate surface area is 106 Å². The number of benzene rings is 1. The number of thioether (sulfide) groups is 1. The van der Waals surface area contributed by atoms with Crippen molar-refractivity contribution in [1.82, 2.24) is 5.32 Å². The molecule has 92 valence electrons. The third kappa shape index (κ3) is 3.23. The van der Waals surface area contributed by atoms with Gasteiger partial charge in [0.05, 0.1) is 0 Å². The van der Waals surface area contributed by atoms with E-state index in [9.17, 15) is 4.79 Å². The van der Waals surface area contributed by atoms with E-state index in [1.165, 1.54) is 0 Å². The number of hydrogen-bond donors (Lipinski definition) is 2. The zero-order valence-corrected chi connectivity index (χ0v) is 10.6. The maximum Gasteiger partial charge on any atom is 0.224 e. The third-order valence-corrected chi connectivity index (χ3v) is 4.25. The highest BCUT2D eigenvalue weighted by molar-refractivity contribution is 7.99. The average Bonchev–Trinajstić information content (AvgIpc) is 2.90. The summed E-state index contributed by atoms with van der Waals surface area (Å²) in [6, 6.07) is 7.98. The van der Waals surface area contributed by atoms with Gasteiger partial charge in [0, 0.05) is 24.8 Å². The summed E-state index contributed by atoms with van der Waals surface area (Å²) in [7, 11) is 0. The molecule has 1 aliphatic heterocycles. The van der Waals surface area contributed by atoms with Crippen molar-refractivity contribution >= 4 is 17.7 Å². The van der Waals surface area contributed by atoms with Gasteiger partial charge in [0.15, 0.2) is 0 Å². The topological polar surface area (TPSA) is 55.1 Å². The van der Waals surface area contributed by atoms with Crippen LogP contribution in [-0.4, -0.2) is 17.4 Å². The summed E-state index contributed by atoms with van der Waals surface area (Å²) in [4.78, 5) is 11.9. The molecule has 0 spiro atoms. The van der Waals surface area contributed by atoms with Gasteiger partial charge in [-0.05, 0) is 23.3 Å². The minimum absolute atomic E-state index is 0.182. The molecule has 1 aromatic carbocycles. The van der Waals surface area contributed by atoms with Gasteiger partial charge in [0.25, 0.3) is 0 Å². The van der Waals surface area contributed by atoms with Crippen molar-refractivity contribution in [3.8, 4) is 0 Å². The van der Waals surface area contributed by atoms with Crippen LogP contribution in [0.1, 0.15) is 17.5 Å². The fourth-order valence-electron chi connectivity index (χ4n) is 2.00. The number of hydrogen-bond acceptors (Lipinski definition) is 3. The fraction of sp³-hybridized carbons (Fsp3) is 0.462. The van der Waals surface area contributed by atoms with Gasteiger partial charge in [-0.2, -0.15) is 11.8 Å². The Balaban J connectivity index is 1.90. The van der Waals surface area contributed by atoms with Crippen LogP contribution in [0.4, 0.5) is 0 Å². The van der Waals surface area contributed by atoms with E-state index >= 15 is 0 Å². The first-order valence-electron chi connectivity index (χ1n) is 5.93. The molecule has 1 fully saturated rings. The van der Waals surface area contributed by atoms with Crippen LogP contribution in [-0.2, 0) is 17.9 Å². The number of carbonyl (C=O) groups is 1. The third-order valence-electron chi connectivity index (χ3n) is 3.09. The summed E-state index contributed by atoms with van der Waals surface area (Å²) in [6.07, 6.45) is 1.01. The summed E-state index contributed by atoms with van der Waals surface area (Å²) in [6.45, 7) is 1.11. The first-order chi connectivity index (χ1) is 8.31. The second kappa shape index (κ2) is 6.07. The molecule has 3 nitrogen and oxygen atoms in total. The molecule has 3 N–H and O–H groups in total. The summed E-state index contributed by atoms with van der Waals surface area (Å²) in [5.74, 6) is 2.45. The van der Waals surface area contributed by atoms with Gasteiger partial charge in [-0.25, -0.2) is 0 Å². The molecule has 1 unspecified atom stereocenters. The summed E-state index contributed by atoms with van der Waals surface area (Å²) < 4.78 is 0. The molecule has 1 aliphatic rings. The molecule has 1 aromatic rings. The molecule has 4 heteroatoms. The first kappa shape index (κ1) is 12.5. The first-order valence-corrected chi connectivity index (χ1v) is 7.09. The molecule has 1 saturated heterocycles. The highest BCUT2D eigenvalue weighted by Gasteiger charge is 2.22. The highest BCUT2D eigenvalue weighted by atomic mass is 32.2. The number of carbonyl (C=O) groups excluding carboxylic acids is 1. The van der Waals surface area contributed by atoms with E-state index in [1.54, 1.807) is 0 Å². The van der Waals surface area contributed by atoms with Crippen LogP contribution in [0.5, 0.6) is 0 Å². The molecular weight excluding hydrogens is 232 g/mol. The van der Waals surface area contributed by atoms with Crippen LogP contribution in [0, 0.1) is 5.92 Å². The highest BCUT2D eigenvalue weighted by Crippen LogP contribution is 2.23. The maximum atomic E-state index is 11.9. The monoisotopic (exact) mass is 250 g/mol. The van der Waals surface area contributed by atoms with Crippen LogP contribution in [0.2, 0.25) is 0 Å². The van der Waals surface area contributed by atoms with Crippen LogP contribution >= 0.6 is 11.8 Å². The Bertz CT molecular complexity index is 389. The lowest BCUT2D eigenvalue weighted by Crippen LogP contribution is -2.30. The molecular formula is C13H18N2OS. The van der Waals surface area contributed by atoms with E-state index in [2.05, 4.69) is 5.32 Å². The molecule has 17 heavy (non-hydrogen) atoms. The zero-order valence-electron chi connectivity index (χ0n) is 9.82. The Morgan fingerprint density at radius 2 is 2.18 bits per heavy atom. The van der Waals surface area contributed by atoms with Gasteiger partial charge in [0.1, 0.15) is 0 Å². The number of amides is 1. The standard InChI is InChI=1S/C13H18N2OS/c14-7-10-3-1-2-4-11(10)8-15-13(16)12-5-6-17-9-12/h1-4,12H,5-9,14H2,(H,15,16). The molecule has 0 bridgehead atoms. The van der Waals surface area contributed by atoms with Gasteiger partial charge >= 0.3 is 0 Å². The lowest BCUT2D eigenvalue weighted by atomic mass is 10.1. The summed E-state index contributed by atoms with van der Waals surface area (Å²) in [5.41, 5.74) is 7.89. The minimum atomic E-state index is 0.182. The van der Waals surface area contributed by atoms with E-state index in [4.69, 9.17) is 5.73 Å². The largest absolute Gasteiger partial charge is 0.352 e. The second-order valence-electron chi connectivity index (χ2n) is 4.25. The van der Waals surface area contributed by atoms with Crippen molar-refractivity contribution in [1.29, 1.82) is 0 Å². The predicted molar refractivity (Wildman–Crippen MR) is 71.6 cm³/mol. The van der Waals surface area contributed by atoms with Gasteiger partial charge in [-0.1, -0.05) is 24.3 Å². The Morgan fingerprint density at radius 3 is 2.82 bits per heavy atom. The Morgan fingerprint density at radius 1 is 1.41 bits per heavy atom. The Kier molecular flexibility index (Phi) is 4.45. The van der Waals surface area contributed by atoms with Crippen LogP contribution in [0.15, 0.2) is 24.3 Å². The van der Waals surface area contributed by atoms with E-state index in [1.807, 2.05) is 36.0 Å². The van der Waals surface area contributed by atoms with E-state index in [0.717, 1.165) is 29.1 Å². The quantitative estimate of drug-likeness (QED) is 0.852. The van der Waals surface area contributed by atoms with E-state index < -0.39 is 0 Å².